The molecule has 0 spiro atoms. The minimum absolute atomic E-state index is 0.00829. The van der Waals surface area contributed by atoms with Gasteiger partial charge in [0.1, 0.15) is 0 Å². The molecule has 13 nitrogen and oxygen atoms in total. The number of aliphatic carboxylic acids is 2. The normalized spacial score (nSPS) is 14.1. The first kappa shape index (κ1) is 43.3. The predicted octanol–water partition coefficient (Wildman–Crippen LogP) is 3.01. The second kappa shape index (κ2) is 22.0. The van der Waals surface area contributed by atoms with Crippen molar-refractivity contribution in [2.24, 2.45) is 40.6 Å². The average molecular weight is 672 g/mol. The number of nitrogens with one attached hydrogen (secondary N) is 1. The van der Waals surface area contributed by atoms with Gasteiger partial charge in [-0.15, -0.1) is 0 Å². The Labute approximate surface area is 279 Å². The molecule has 8 N–H and O–H groups in total. The van der Waals surface area contributed by atoms with E-state index in [9.17, 15) is 24.3 Å². The molecule has 0 fully saturated rings. The molecule has 47 heavy (non-hydrogen) atoms. The Morgan fingerprint density at radius 2 is 1.55 bits per heavy atom. The molecule has 0 saturated carbocycles. The zero-order valence-corrected chi connectivity index (χ0v) is 29.2. The third-order valence-corrected chi connectivity index (χ3v) is 7.87. The Balaban J connectivity index is 0.00000233. The first-order chi connectivity index (χ1) is 21.9. The summed E-state index contributed by atoms with van der Waals surface area (Å²) in [6, 6.07) is 5.47. The SMILES string of the molecule is COCCCOc1cc(C[C@@H](C[C@H](N)[C@@H](O)C[C@H](C(=O)NCC([14CH3])([14CH3])C(N)=O)C(C)C)C(C)C)ccc1OC.O=C(O)/C=C/C(=O)O. The summed E-state index contributed by atoms with van der Waals surface area (Å²) in [6.45, 7) is 12.9. The minimum atomic E-state index is -1.26. The van der Waals surface area contributed by atoms with Gasteiger partial charge in [0.25, 0.3) is 0 Å². The van der Waals surface area contributed by atoms with Crippen molar-refractivity contribution in [3.8, 4) is 11.5 Å². The average Bonchev–Trinajstić information content (AvgIpc) is 2.99. The van der Waals surface area contributed by atoms with Gasteiger partial charge in [0.2, 0.25) is 11.8 Å². The number of amides is 2. The fraction of sp³-hybridized carbons (Fsp3) is 0.647. The number of hydrogen-bond acceptors (Lipinski definition) is 9. The number of carbonyl (C=O) groups excluding carboxylic acids is 2. The van der Waals surface area contributed by atoms with Crippen LogP contribution in [-0.2, 0) is 30.3 Å². The van der Waals surface area contributed by atoms with E-state index < -0.39 is 41.3 Å². The number of hydrogen-bond donors (Lipinski definition) is 6. The molecule has 1 rings (SSSR count). The summed E-state index contributed by atoms with van der Waals surface area (Å²) in [6.07, 6.45) is 2.68. The van der Waals surface area contributed by atoms with E-state index in [1.165, 1.54) is 0 Å². The van der Waals surface area contributed by atoms with Crippen molar-refractivity contribution in [3.63, 3.8) is 0 Å². The summed E-state index contributed by atoms with van der Waals surface area (Å²) in [5, 5.41) is 29.5. The molecule has 13 heteroatoms. The molecule has 0 unspecified atom stereocenters. The zero-order chi connectivity index (χ0) is 36.3. The Hall–Kier alpha value is -3.68. The summed E-state index contributed by atoms with van der Waals surface area (Å²) in [4.78, 5) is 43.7. The van der Waals surface area contributed by atoms with Crippen molar-refractivity contribution in [2.45, 2.75) is 79.4 Å². The number of nitrogens with two attached hydrogens (primary N) is 2. The molecule has 2 amide bonds. The third-order valence-electron chi connectivity index (χ3n) is 7.87. The van der Waals surface area contributed by atoms with E-state index >= 15 is 0 Å². The lowest BCUT2D eigenvalue weighted by Crippen LogP contribution is -2.46. The molecule has 0 radical (unpaired) electrons. The molecular weight excluding hydrogens is 614 g/mol. The number of primary amides is 1. The van der Waals surface area contributed by atoms with Gasteiger partial charge in [0, 0.05) is 50.8 Å². The zero-order valence-electron chi connectivity index (χ0n) is 29.2. The second-order valence-electron chi connectivity index (χ2n) is 12.9. The van der Waals surface area contributed by atoms with Crippen molar-refractivity contribution in [3.05, 3.63) is 35.9 Å². The predicted molar refractivity (Wildman–Crippen MR) is 179 cm³/mol. The van der Waals surface area contributed by atoms with Gasteiger partial charge in [-0.05, 0) is 68.6 Å². The van der Waals surface area contributed by atoms with Gasteiger partial charge in [-0.2, -0.15) is 0 Å². The molecule has 0 aliphatic carbocycles. The van der Waals surface area contributed by atoms with E-state index in [1.807, 2.05) is 32.0 Å². The molecule has 1 aromatic rings. The summed E-state index contributed by atoms with van der Waals surface area (Å²) in [5.41, 5.74) is 12.2. The number of carboxylic acid groups (broad SMARTS) is 2. The molecule has 0 aliphatic heterocycles. The lowest BCUT2D eigenvalue weighted by atomic mass is 9.80. The van der Waals surface area contributed by atoms with E-state index in [4.69, 9.17) is 35.9 Å². The monoisotopic (exact) mass is 671 g/mol. The highest BCUT2D eigenvalue weighted by atomic mass is 16.5. The molecule has 268 valence electrons. The Morgan fingerprint density at radius 1 is 0.957 bits per heavy atom. The summed E-state index contributed by atoms with van der Waals surface area (Å²) < 4.78 is 16.5. The van der Waals surface area contributed by atoms with E-state index in [-0.39, 0.29) is 30.7 Å². The van der Waals surface area contributed by atoms with Gasteiger partial charge in [0.15, 0.2) is 11.5 Å². The van der Waals surface area contributed by atoms with Crippen molar-refractivity contribution in [1.29, 1.82) is 0 Å². The highest BCUT2D eigenvalue weighted by Crippen LogP contribution is 2.32. The van der Waals surface area contributed by atoms with Crippen LogP contribution in [0.15, 0.2) is 30.4 Å². The van der Waals surface area contributed by atoms with E-state index in [0.29, 0.717) is 49.2 Å². The smallest absolute Gasteiger partial charge is 0.328 e. The Morgan fingerprint density at radius 3 is 2.02 bits per heavy atom. The van der Waals surface area contributed by atoms with Crippen LogP contribution >= 0.6 is 0 Å². The van der Waals surface area contributed by atoms with Gasteiger partial charge in [-0.1, -0.05) is 33.8 Å². The van der Waals surface area contributed by atoms with Crippen LogP contribution < -0.4 is 26.3 Å². The molecule has 0 saturated heterocycles. The number of methoxy groups -OCH3 is 2. The van der Waals surface area contributed by atoms with Crippen LogP contribution in [0.25, 0.3) is 0 Å². The lowest BCUT2D eigenvalue weighted by molar-refractivity contribution is -0.134. The second-order valence-corrected chi connectivity index (χ2v) is 12.9. The molecule has 4 atom stereocenters. The molecular formula is C34H57N3O10. The van der Waals surface area contributed by atoms with E-state index in [2.05, 4.69) is 19.2 Å². The van der Waals surface area contributed by atoms with Crippen molar-refractivity contribution < 1.29 is 48.7 Å². The lowest BCUT2D eigenvalue weighted by Gasteiger charge is -2.30. The van der Waals surface area contributed by atoms with Gasteiger partial charge < -0.3 is 46.3 Å². The van der Waals surface area contributed by atoms with Crippen LogP contribution in [0, 0.1) is 29.1 Å². The fourth-order valence-electron chi connectivity index (χ4n) is 4.53. The molecule has 0 aliphatic rings. The third kappa shape index (κ3) is 17.7. The van der Waals surface area contributed by atoms with Crippen molar-refractivity contribution in [2.75, 3.05) is 34.0 Å². The molecule has 0 heterocycles. The largest absolute Gasteiger partial charge is 0.493 e. The first-order valence-electron chi connectivity index (χ1n) is 15.8. The maximum Gasteiger partial charge on any atom is 0.328 e. The number of benzene rings is 1. The number of carbonyl (C=O) groups is 4. The van der Waals surface area contributed by atoms with Crippen molar-refractivity contribution in [1.82, 2.24) is 5.32 Å². The number of ether oxygens (including phenoxy) is 3. The van der Waals surface area contributed by atoms with Crippen LogP contribution in [-0.4, -0.2) is 85.2 Å². The topological polar surface area (TPSA) is 221 Å². The van der Waals surface area contributed by atoms with E-state index in [1.54, 1.807) is 28.1 Å². The quantitative estimate of drug-likeness (QED) is 0.0824. The number of rotatable bonds is 21. The summed E-state index contributed by atoms with van der Waals surface area (Å²) in [5.74, 6) is -1.72. The maximum atomic E-state index is 12.9. The summed E-state index contributed by atoms with van der Waals surface area (Å²) >= 11 is 0. The number of aliphatic hydroxyl groups is 1. The van der Waals surface area contributed by atoms with E-state index in [0.717, 1.165) is 18.4 Å². The Bertz CT molecular complexity index is 1140. The fourth-order valence-corrected chi connectivity index (χ4v) is 4.53. The van der Waals surface area contributed by atoms with Gasteiger partial charge in [0.05, 0.1) is 25.2 Å². The van der Waals surface area contributed by atoms with Crippen LogP contribution in [0.4, 0.5) is 0 Å². The standard InChI is InChI=1S/C30H53N3O6.C4H4O4/c1-19(2)22(14-21-10-11-26(38-8)27(15-21)39-13-9-12-37-7)16-24(31)25(34)17-23(20(3)4)28(35)33-18-30(5,6)29(32)36;5-3(6)1-2-4(7)8/h10-11,15,19-20,22-25,34H,9,12-14,16-18,31H2,1-8H3,(H2,32,36)(H,33,35);1-2H,(H,5,6)(H,7,8)/b;2-1+/t22-,23-,24-,25-;/m0./s1/i5+2,6+2;. The van der Waals surface area contributed by atoms with Crippen LogP contribution in [0.2, 0.25) is 0 Å². The van der Waals surface area contributed by atoms with Crippen molar-refractivity contribution >= 4 is 23.8 Å². The number of aliphatic hydroxyl groups excluding tert-OH is 1. The minimum Gasteiger partial charge on any atom is -0.493 e. The van der Waals surface area contributed by atoms with Crippen LogP contribution in [0.5, 0.6) is 11.5 Å². The van der Waals surface area contributed by atoms with Gasteiger partial charge in [-0.25, -0.2) is 9.59 Å². The summed E-state index contributed by atoms with van der Waals surface area (Å²) in [7, 11) is 3.29. The van der Waals surface area contributed by atoms with Crippen LogP contribution in [0.3, 0.4) is 0 Å². The maximum absolute atomic E-state index is 12.9. The van der Waals surface area contributed by atoms with Crippen LogP contribution in [0.1, 0.15) is 66.4 Å². The Kier molecular flexibility index (Phi) is 20.3. The van der Waals surface area contributed by atoms with Gasteiger partial charge in [-0.3, -0.25) is 9.59 Å². The highest BCUT2D eigenvalue weighted by molar-refractivity contribution is 5.89. The highest BCUT2D eigenvalue weighted by Gasteiger charge is 2.32. The molecule has 0 bridgehead atoms. The molecule has 0 aromatic heterocycles. The first-order valence-corrected chi connectivity index (χ1v) is 15.8. The molecule has 1 aromatic carbocycles. The number of carboxylic acids is 2. The van der Waals surface area contributed by atoms with Gasteiger partial charge >= 0.3 is 11.9 Å².